The Morgan fingerprint density at radius 1 is 1.11 bits per heavy atom. The van der Waals surface area contributed by atoms with E-state index in [2.05, 4.69) is 10.6 Å². The Kier molecular flexibility index (Phi) is 10.4. The summed E-state index contributed by atoms with van der Waals surface area (Å²) in [5.41, 5.74) is 0.291. The van der Waals surface area contributed by atoms with Crippen LogP contribution in [0.25, 0.3) is 0 Å². The molecule has 3 rings (SSSR count). The van der Waals surface area contributed by atoms with E-state index < -0.39 is 5.60 Å². The number of rotatable bonds is 12. The zero-order valence-corrected chi connectivity index (χ0v) is 23.2. The smallest absolute Gasteiger partial charge is 0.317 e. The van der Waals surface area contributed by atoms with Crippen LogP contribution in [0.2, 0.25) is 0 Å². The third-order valence-electron chi connectivity index (χ3n) is 7.27. The highest BCUT2D eigenvalue weighted by Crippen LogP contribution is 2.44. The maximum absolute atomic E-state index is 13.2. The van der Waals surface area contributed by atoms with Gasteiger partial charge in [0, 0.05) is 50.4 Å². The molecule has 3 N–H and O–H groups in total. The zero-order chi connectivity index (χ0) is 26.9. The Morgan fingerprint density at radius 3 is 2.51 bits per heavy atom. The predicted molar refractivity (Wildman–Crippen MR) is 148 cm³/mol. The lowest BCUT2D eigenvalue weighted by atomic mass is 9.73. The highest BCUT2D eigenvalue weighted by Gasteiger charge is 2.43. The first-order valence-corrected chi connectivity index (χ1v) is 13.5. The molecule has 7 heteroatoms. The number of hydrogen-bond acceptors (Lipinski definition) is 5. The molecule has 0 radical (unpaired) electrons. The van der Waals surface area contributed by atoms with Crippen LogP contribution in [0.15, 0.2) is 48.5 Å². The minimum atomic E-state index is -1.15. The fourth-order valence-electron chi connectivity index (χ4n) is 5.31. The fraction of sp³-hybridized carbons (Fsp3) is 0.567. The SMILES string of the molecule is CNCC(C)(C)NC(=O)N1CCCC(C(O)(CCCCOC)c2ccccc2Oc2ccccc2C)C1. The van der Waals surface area contributed by atoms with E-state index in [1.54, 1.807) is 7.11 Å². The van der Waals surface area contributed by atoms with Crippen LogP contribution >= 0.6 is 0 Å². The predicted octanol–water partition coefficient (Wildman–Crippen LogP) is 5.21. The van der Waals surface area contributed by atoms with E-state index in [1.165, 1.54) is 0 Å². The van der Waals surface area contributed by atoms with Gasteiger partial charge in [-0.3, -0.25) is 0 Å². The minimum absolute atomic E-state index is 0.0869. The van der Waals surface area contributed by atoms with Crippen molar-refractivity contribution in [2.75, 3.05) is 40.4 Å². The van der Waals surface area contributed by atoms with E-state index in [0.717, 1.165) is 42.6 Å². The van der Waals surface area contributed by atoms with Gasteiger partial charge in [0.05, 0.1) is 5.60 Å². The molecule has 0 aliphatic carbocycles. The van der Waals surface area contributed by atoms with Crippen LogP contribution in [0.5, 0.6) is 11.5 Å². The number of para-hydroxylation sites is 2. The number of likely N-dealkylation sites (tertiary alicyclic amines) is 1. The van der Waals surface area contributed by atoms with Crippen molar-refractivity contribution in [2.45, 2.75) is 64.0 Å². The van der Waals surface area contributed by atoms with Crippen molar-refractivity contribution in [2.24, 2.45) is 5.92 Å². The number of nitrogens with zero attached hydrogens (tertiary/aromatic N) is 1. The number of amides is 2. The van der Waals surface area contributed by atoms with Crippen molar-refractivity contribution in [3.05, 3.63) is 59.7 Å². The summed E-state index contributed by atoms with van der Waals surface area (Å²) in [4.78, 5) is 15.1. The third kappa shape index (κ3) is 7.69. The highest BCUT2D eigenvalue weighted by atomic mass is 16.5. The number of ether oxygens (including phenoxy) is 2. The molecular formula is C30H45N3O4. The van der Waals surface area contributed by atoms with Crippen molar-refractivity contribution in [1.29, 1.82) is 0 Å². The number of carbonyl (C=O) groups is 1. The molecule has 2 atom stereocenters. The lowest BCUT2D eigenvalue weighted by Gasteiger charge is -2.44. The minimum Gasteiger partial charge on any atom is -0.457 e. The molecule has 1 aliphatic rings. The summed E-state index contributed by atoms with van der Waals surface area (Å²) in [6.07, 6.45) is 3.90. The normalized spacial score (nSPS) is 17.8. The third-order valence-corrected chi connectivity index (χ3v) is 7.27. The van der Waals surface area contributed by atoms with Gasteiger partial charge in [0.1, 0.15) is 11.5 Å². The van der Waals surface area contributed by atoms with Crippen molar-refractivity contribution in [1.82, 2.24) is 15.5 Å². The van der Waals surface area contributed by atoms with Gasteiger partial charge in [0.25, 0.3) is 0 Å². The molecule has 1 saturated heterocycles. The van der Waals surface area contributed by atoms with Crippen LogP contribution in [0.4, 0.5) is 4.79 Å². The highest BCUT2D eigenvalue weighted by molar-refractivity contribution is 5.75. The van der Waals surface area contributed by atoms with E-state index in [1.807, 2.05) is 81.2 Å². The average molecular weight is 512 g/mol. The number of nitrogens with one attached hydrogen (secondary N) is 2. The maximum Gasteiger partial charge on any atom is 0.317 e. The Hall–Kier alpha value is -2.61. The van der Waals surface area contributed by atoms with E-state index >= 15 is 0 Å². The molecule has 1 fully saturated rings. The van der Waals surface area contributed by atoms with E-state index in [-0.39, 0.29) is 17.5 Å². The van der Waals surface area contributed by atoms with Gasteiger partial charge >= 0.3 is 6.03 Å². The van der Waals surface area contributed by atoms with Crippen LogP contribution in [0, 0.1) is 12.8 Å². The van der Waals surface area contributed by atoms with Crippen LogP contribution < -0.4 is 15.4 Å². The summed E-state index contributed by atoms with van der Waals surface area (Å²) in [5.74, 6) is 1.31. The van der Waals surface area contributed by atoms with E-state index in [0.29, 0.717) is 38.4 Å². The van der Waals surface area contributed by atoms with E-state index in [4.69, 9.17) is 9.47 Å². The lowest BCUT2D eigenvalue weighted by Crippen LogP contribution is -2.57. The molecule has 0 bridgehead atoms. The molecule has 37 heavy (non-hydrogen) atoms. The number of hydrogen-bond donors (Lipinski definition) is 3. The van der Waals surface area contributed by atoms with Crippen molar-refractivity contribution in [3.63, 3.8) is 0 Å². The second-order valence-corrected chi connectivity index (χ2v) is 10.9. The van der Waals surface area contributed by atoms with Gasteiger partial charge in [-0.2, -0.15) is 0 Å². The molecular weight excluding hydrogens is 466 g/mol. The summed E-state index contributed by atoms with van der Waals surface area (Å²) in [7, 11) is 3.58. The summed E-state index contributed by atoms with van der Waals surface area (Å²) in [6.45, 7) is 8.52. The number of urea groups is 1. The monoisotopic (exact) mass is 511 g/mol. The van der Waals surface area contributed by atoms with Gasteiger partial charge in [-0.05, 0) is 77.6 Å². The fourth-order valence-corrected chi connectivity index (χ4v) is 5.31. The number of carbonyl (C=O) groups excluding carboxylic acids is 1. The number of benzene rings is 2. The van der Waals surface area contributed by atoms with Gasteiger partial charge < -0.3 is 30.1 Å². The Balaban J connectivity index is 1.90. The molecule has 2 unspecified atom stereocenters. The molecule has 1 heterocycles. The molecule has 0 aromatic heterocycles. The second kappa shape index (κ2) is 13.3. The number of methoxy groups -OCH3 is 1. The zero-order valence-electron chi connectivity index (χ0n) is 23.2. The summed E-state index contributed by atoms with van der Waals surface area (Å²) in [6, 6.07) is 15.6. The molecule has 7 nitrogen and oxygen atoms in total. The molecule has 2 amide bonds. The van der Waals surface area contributed by atoms with Gasteiger partial charge in [0.15, 0.2) is 0 Å². The summed E-state index contributed by atoms with van der Waals surface area (Å²) >= 11 is 0. The molecule has 1 aliphatic heterocycles. The van der Waals surface area contributed by atoms with Crippen LogP contribution in [0.3, 0.4) is 0 Å². The summed E-state index contributed by atoms with van der Waals surface area (Å²) < 4.78 is 11.7. The standard InChI is InChI=1S/C30H45N3O4/c1-23-13-6-8-16-26(23)37-27-17-9-7-15-25(27)30(35,18-10-11-20-36-5)24-14-12-19-33(21-24)28(34)32-29(2,3)22-31-4/h6-9,13,15-17,24,31,35H,10-12,14,18-22H2,1-5H3,(H,32,34). The van der Waals surface area contributed by atoms with Gasteiger partial charge in [-0.15, -0.1) is 0 Å². The van der Waals surface area contributed by atoms with Crippen molar-refractivity contribution >= 4 is 6.03 Å². The first-order chi connectivity index (χ1) is 17.7. The largest absolute Gasteiger partial charge is 0.457 e. The average Bonchev–Trinajstić information content (AvgIpc) is 2.88. The summed E-state index contributed by atoms with van der Waals surface area (Å²) in [5, 5.41) is 18.7. The number of aliphatic hydroxyl groups is 1. The van der Waals surface area contributed by atoms with Gasteiger partial charge in [0.2, 0.25) is 0 Å². The van der Waals surface area contributed by atoms with Crippen molar-refractivity contribution in [3.8, 4) is 11.5 Å². The molecule has 2 aromatic carbocycles. The molecule has 0 saturated carbocycles. The number of unbranched alkanes of at least 4 members (excludes halogenated alkanes) is 1. The van der Waals surface area contributed by atoms with Crippen LogP contribution in [-0.2, 0) is 10.3 Å². The maximum atomic E-state index is 13.2. The van der Waals surface area contributed by atoms with Crippen LogP contribution in [0.1, 0.15) is 57.1 Å². The molecule has 204 valence electrons. The quantitative estimate of drug-likeness (QED) is 0.341. The van der Waals surface area contributed by atoms with E-state index in [9.17, 15) is 9.90 Å². The topological polar surface area (TPSA) is 83.1 Å². The first kappa shape index (κ1) is 29.0. The number of likely N-dealkylation sites (N-methyl/N-ethyl adjacent to an activating group) is 1. The lowest BCUT2D eigenvalue weighted by molar-refractivity contribution is -0.0576. The second-order valence-electron chi connectivity index (χ2n) is 10.9. The van der Waals surface area contributed by atoms with Gasteiger partial charge in [-0.25, -0.2) is 4.79 Å². The van der Waals surface area contributed by atoms with Crippen molar-refractivity contribution < 1.29 is 19.4 Å². The Bertz CT molecular complexity index is 1010. The Labute approximate surface area is 222 Å². The number of aryl methyl sites for hydroxylation is 1. The van der Waals surface area contributed by atoms with Gasteiger partial charge in [-0.1, -0.05) is 36.4 Å². The molecule has 0 spiro atoms. The first-order valence-electron chi connectivity index (χ1n) is 13.5. The number of piperidine rings is 1. The van der Waals surface area contributed by atoms with Crippen LogP contribution in [-0.4, -0.2) is 62.0 Å². The molecule has 2 aromatic rings. The Morgan fingerprint density at radius 2 is 1.81 bits per heavy atom.